The summed E-state index contributed by atoms with van der Waals surface area (Å²) in [6.07, 6.45) is 0.199. The third-order valence-electron chi connectivity index (χ3n) is 5.54. The third-order valence-corrected chi connectivity index (χ3v) is 5.54. The number of non-ortho nitro benzene ring substituents is 1. The van der Waals surface area contributed by atoms with E-state index in [4.69, 9.17) is 5.10 Å². The minimum atomic E-state index is -0.468. The van der Waals surface area contributed by atoms with Crippen LogP contribution in [0.15, 0.2) is 78.9 Å². The molecule has 3 aromatic carbocycles. The van der Waals surface area contributed by atoms with Crippen LogP contribution in [0.4, 0.5) is 15.9 Å². The molecule has 0 aliphatic carbocycles. The van der Waals surface area contributed by atoms with Gasteiger partial charge in [-0.15, -0.1) is 0 Å². The number of hydrogen-bond donors (Lipinski definition) is 1. The topological polar surface area (TPSA) is 90.1 Å². The molecule has 1 unspecified atom stereocenters. The minimum Gasteiger partial charge on any atom is -0.310 e. The predicted octanol–water partition coefficient (Wildman–Crippen LogP) is 5.06. The van der Waals surface area contributed by atoms with Crippen LogP contribution in [0.5, 0.6) is 0 Å². The molecule has 0 bridgehead atoms. The Morgan fingerprint density at radius 1 is 1.00 bits per heavy atom. The Hall–Kier alpha value is -4.33. The first-order chi connectivity index (χ1) is 15.5. The number of amides is 1. The summed E-state index contributed by atoms with van der Waals surface area (Å²) in [7, 11) is 0. The van der Waals surface area contributed by atoms with Gasteiger partial charge in [0.15, 0.2) is 0 Å². The van der Waals surface area contributed by atoms with Crippen molar-refractivity contribution in [3.8, 4) is 16.9 Å². The number of anilines is 1. The van der Waals surface area contributed by atoms with Gasteiger partial charge in [0.05, 0.1) is 16.3 Å². The summed E-state index contributed by atoms with van der Waals surface area (Å²) in [4.78, 5) is 23.2. The molecule has 0 radical (unpaired) electrons. The first-order valence-electron chi connectivity index (χ1n) is 10.00. The van der Waals surface area contributed by atoms with Crippen LogP contribution in [-0.4, -0.2) is 20.6 Å². The summed E-state index contributed by atoms with van der Waals surface area (Å²) in [5.41, 5.74) is 3.73. The largest absolute Gasteiger partial charge is 0.310 e. The smallest absolute Gasteiger partial charge is 0.269 e. The van der Waals surface area contributed by atoms with E-state index in [9.17, 15) is 19.3 Å². The van der Waals surface area contributed by atoms with Gasteiger partial charge in [-0.1, -0.05) is 42.5 Å². The fourth-order valence-electron chi connectivity index (χ4n) is 4.04. The maximum atomic E-state index is 13.5. The van der Waals surface area contributed by atoms with Crippen molar-refractivity contribution in [2.24, 2.45) is 0 Å². The second kappa shape index (κ2) is 7.73. The summed E-state index contributed by atoms with van der Waals surface area (Å²) in [5.74, 6) is -0.349. The van der Waals surface area contributed by atoms with Crippen LogP contribution in [0, 0.1) is 15.9 Å². The molecule has 5 rings (SSSR count). The van der Waals surface area contributed by atoms with Crippen molar-refractivity contribution >= 4 is 17.4 Å². The number of nitrogens with zero attached hydrogens (tertiary/aromatic N) is 3. The Kier molecular flexibility index (Phi) is 4.74. The Bertz CT molecular complexity index is 1320. The first kappa shape index (κ1) is 19.6. The zero-order valence-electron chi connectivity index (χ0n) is 16.7. The SMILES string of the molecule is O=C1CC(c2ccc(F)cc2)c2c(-c3ccccc3)nn(-c3ccc([N+](=O)[O-])cc3)c2N1. The van der Waals surface area contributed by atoms with Crippen molar-refractivity contribution in [3.63, 3.8) is 0 Å². The van der Waals surface area contributed by atoms with Gasteiger partial charge in [-0.2, -0.15) is 5.10 Å². The molecule has 1 atom stereocenters. The van der Waals surface area contributed by atoms with Crippen LogP contribution in [-0.2, 0) is 4.79 Å². The highest BCUT2D eigenvalue weighted by Crippen LogP contribution is 2.44. The lowest BCUT2D eigenvalue weighted by Gasteiger charge is -2.24. The number of hydrogen-bond acceptors (Lipinski definition) is 4. The highest BCUT2D eigenvalue weighted by Gasteiger charge is 2.34. The van der Waals surface area contributed by atoms with Crippen LogP contribution in [0.3, 0.4) is 0 Å². The van der Waals surface area contributed by atoms with Gasteiger partial charge in [0.25, 0.3) is 5.69 Å². The number of carbonyl (C=O) groups is 1. The Morgan fingerprint density at radius 3 is 2.34 bits per heavy atom. The van der Waals surface area contributed by atoms with Gasteiger partial charge in [-0.25, -0.2) is 9.07 Å². The fraction of sp³-hybridized carbons (Fsp3) is 0.0833. The number of carbonyl (C=O) groups excluding carboxylic acids is 1. The highest BCUT2D eigenvalue weighted by atomic mass is 19.1. The van der Waals surface area contributed by atoms with Crippen LogP contribution in [0.1, 0.15) is 23.5 Å². The lowest BCUT2D eigenvalue weighted by Crippen LogP contribution is -2.24. The normalized spacial score (nSPS) is 15.2. The molecule has 1 aromatic heterocycles. The Labute approximate surface area is 182 Å². The molecule has 1 amide bonds. The molecule has 8 heteroatoms. The summed E-state index contributed by atoms with van der Waals surface area (Å²) >= 11 is 0. The van der Waals surface area contributed by atoms with Crippen LogP contribution in [0.2, 0.25) is 0 Å². The van der Waals surface area contributed by atoms with Crippen molar-refractivity contribution in [2.45, 2.75) is 12.3 Å². The van der Waals surface area contributed by atoms with Crippen molar-refractivity contribution in [2.75, 3.05) is 5.32 Å². The summed E-state index contributed by atoms with van der Waals surface area (Å²) < 4.78 is 15.1. The first-order valence-corrected chi connectivity index (χ1v) is 10.00. The lowest BCUT2D eigenvalue weighted by atomic mass is 9.84. The molecule has 4 aromatic rings. The number of aromatic nitrogens is 2. The predicted molar refractivity (Wildman–Crippen MR) is 117 cm³/mol. The van der Waals surface area contributed by atoms with Crippen LogP contribution >= 0.6 is 0 Å². The number of fused-ring (bicyclic) bond motifs is 1. The van der Waals surface area contributed by atoms with E-state index in [0.717, 1.165) is 16.7 Å². The molecule has 0 fully saturated rings. The maximum Gasteiger partial charge on any atom is 0.269 e. The molecule has 7 nitrogen and oxygen atoms in total. The van der Waals surface area contributed by atoms with Gasteiger partial charge in [-0.3, -0.25) is 14.9 Å². The zero-order chi connectivity index (χ0) is 22.2. The Balaban J connectivity index is 1.73. The highest BCUT2D eigenvalue weighted by molar-refractivity contribution is 5.96. The van der Waals surface area contributed by atoms with E-state index in [1.807, 2.05) is 30.3 Å². The standard InChI is InChI=1S/C24H17FN4O3/c25-17-8-6-15(7-9-17)20-14-21(30)26-24-22(20)23(16-4-2-1-3-5-16)27-28(24)18-10-12-19(13-11-18)29(31)32/h1-13,20H,14H2,(H,26,30). The monoisotopic (exact) mass is 428 g/mol. The number of benzene rings is 3. The molecule has 1 aliphatic heterocycles. The second-order valence-electron chi connectivity index (χ2n) is 7.52. The number of nitrogens with one attached hydrogen (secondary N) is 1. The molecule has 2 heterocycles. The van der Waals surface area contributed by atoms with Crippen molar-refractivity contribution in [1.82, 2.24) is 9.78 Å². The van der Waals surface area contributed by atoms with E-state index in [-0.39, 0.29) is 29.8 Å². The molecule has 1 aliphatic rings. The van der Waals surface area contributed by atoms with Crippen LogP contribution < -0.4 is 5.32 Å². The van der Waals surface area contributed by atoms with E-state index in [1.165, 1.54) is 24.3 Å². The zero-order valence-corrected chi connectivity index (χ0v) is 16.7. The lowest BCUT2D eigenvalue weighted by molar-refractivity contribution is -0.384. The van der Waals surface area contributed by atoms with E-state index >= 15 is 0 Å². The average molecular weight is 428 g/mol. The summed E-state index contributed by atoms with van der Waals surface area (Å²) in [5, 5.41) is 18.7. The average Bonchev–Trinajstić information content (AvgIpc) is 3.19. The molecule has 0 saturated heterocycles. The van der Waals surface area contributed by atoms with Crippen LogP contribution in [0.25, 0.3) is 16.9 Å². The van der Waals surface area contributed by atoms with Gasteiger partial charge in [0.1, 0.15) is 11.6 Å². The summed E-state index contributed by atoms with van der Waals surface area (Å²) in [6, 6.07) is 21.7. The van der Waals surface area contributed by atoms with Gasteiger partial charge in [0, 0.05) is 35.6 Å². The molecule has 0 spiro atoms. The number of halogens is 1. The maximum absolute atomic E-state index is 13.5. The molecule has 0 saturated carbocycles. The number of nitro benzene ring substituents is 1. The molecule has 32 heavy (non-hydrogen) atoms. The molecular weight excluding hydrogens is 411 g/mol. The van der Waals surface area contributed by atoms with Gasteiger partial charge in [-0.05, 0) is 29.8 Å². The second-order valence-corrected chi connectivity index (χ2v) is 7.52. The minimum absolute atomic E-state index is 0.0359. The molecule has 1 N–H and O–H groups in total. The van der Waals surface area contributed by atoms with E-state index in [2.05, 4.69) is 5.32 Å². The quantitative estimate of drug-likeness (QED) is 0.363. The number of rotatable bonds is 4. The Morgan fingerprint density at radius 2 is 1.69 bits per heavy atom. The van der Waals surface area contributed by atoms with E-state index < -0.39 is 4.92 Å². The molecular formula is C24H17FN4O3. The summed E-state index contributed by atoms with van der Waals surface area (Å²) in [6.45, 7) is 0. The fourth-order valence-corrected chi connectivity index (χ4v) is 4.04. The van der Waals surface area contributed by atoms with Gasteiger partial charge < -0.3 is 5.32 Å². The molecule has 158 valence electrons. The van der Waals surface area contributed by atoms with E-state index in [1.54, 1.807) is 28.9 Å². The van der Waals surface area contributed by atoms with Crippen molar-refractivity contribution in [3.05, 3.63) is 106 Å². The van der Waals surface area contributed by atoms with Gasteiger partial charge in [0.2, 0.25) is 5.91 Å². The number of nitro groups is 1. The van der Waals surface area contributed by atoms with Crippen molar-refractivity contribution < 1.29 is 14.1 Å². The third kappa shape index (κ3) is 3.41. The van der Waals surface area contributed by atoms with Gasteiger partial charge >= 0.3 is 0 Å². The van der Waals surface area contributed by atoms with E-state index in [0.29, 0.717) is 17.2 Å². The van der Waals surface area contributed by atoms with Crippen molar-refractivity contribution in [1.29, 1.82) is 0 Å².